The van der Waals surface area contributed by atoms with E-state index in [0.717, 1.165) is 89.5 Å². The van der Waals surface area contributed by atoms with Crippen molar-refractivity contribution in [3.05, 3.63) is 59.7 Å². The molecule has 21 heteroatoms. The van der Waals surface area contributed by atoms with Gasteiger partial charge >= 0.3 is 6.18 Å². The van der Waals surface area contributed by atoms with Crippen LogP contribution in [0.1, 0.15) is 107 Å². The van der Waals surface area contributed by atoms with Crippen LogP contribution in [0.4, 0.5) is 13.2 Å². The molecular weight excluding hydrogens is 990 g/mol. The van der Waals surface area contributed by atoms with Crippen molar-refractivity contribution in [1.82, 2.24) is 41.0 Å². The summed E-state index contributed by atoms with van der Waals surface area (Å²) in [6.45, 7) is 10.0. The summed E-state index contributed by atoms with van der Waals surface area (Å²) in [7, 11) is 7.42. The number of carbonyl (C=O) groups excluding carboxylic acids is 5. The number of likely N-dealkylation sites (N-methyl/N-ethyl adjacent to an activating group) is 1. The smallest absolute Gasteiger partial charge is 0.379 e. The van der Waals surface area contributed by atoms with Crippen molar-refractivity contribution >= 4 is 30.8 Å². The van der Waals surface area contributed by atoms with Crippen LogP contribution in [-0.2, 0) is 66.8 Å². The zero-order valence-electron chi connectivity index (χ0n) is 45.8. The molecule has 3 fully saturated rings. The molecule has 4 N–H and O–H groups in total. The van der Waals surface area contributed by atoms with Gasteiger partial charge in [-0.15, -0.1) is 0 Å². The Bertz CT molecular complexity index is 1880. The third-order valence-corrected chi connectivity index (χ3v) is 13.9. The summed E-state index contributed by atoms with van der Waals surface area (Å²) in [6, 6.07) is 7.88. The van der Waals surface area contributed by atoms with E-state index < -0.39 is 11.7 Å². The number of alkyl halides is 3. The number of methoxy groups -OCH3 is 1. The van der Waals surface area contributed by atoms with Crippen molar-refractivity contribution in [3.63, 3.8) is 0 Å². The second-order valence-corrected chi connectivity index (χ2v) is 20.5. The highest BCUT2D eigenvalue weighted by atomic mass is 19.4. The Balaban J connectivity index is 0.000000379. The first kappa shape index (κ1) is 65.8. The summed E-state index contributed by atoms with van der Waals surface area (Å²) >= 11 is 0. The number of halogens is 3. The SMILES string of the molecule is CN(C)CC(C=O)CC=O.CNCCOCCOCCOCCC(=O)NC1CCC(C(=O)NCCCCC2(C)CCC(NC3CCOCC3OC)C2)CC1.O=CN1CCc2ncc(C(F)(F)F)cc2C1.c1ccncc1. The number of nitrogens with zero attached hydrogens (tertiary/aromatic N) is 4. The van der Waals surface area contributed by atoms with E-state index in [1.807, 2.05) is 44.2 Å². The van der Waals surface area contributed by atoms with Crippen LogP contribution >= 0.6 is 0 Å². The monoisotopic (exact) mass is 1080 g/mol. The predicted octanol–water partition coefficient (Wildman–Crippen LogP) is 5.21. The number of hydrogen-bond acceptors (Lipinski definition) is 15. The fraction of sp³-hybridized carbons (Fsp3) is 0.727. The minimum Gasteiger partial charge on any atom is -0.379 e. The third-order valence-electron chi connectivity index (χ3n) is 13.9. The molecule has 0 spiro atoms. The van der Waals surface area contributed by atoms with Crippen LogP contribution in [0.5, 0.6) is 0 Å². The van der Waals surface area contributed by atoms with Crippen LogP contribution in [0.2, 0.25) is 0 Å². The molecule has 4 aliphatic rings. The number of hydrogen-bond donors (Lipinski definition) is 4. The second kappa shape index (κ2) is 38.1. The van der Waals surface area contributed by atoms with E-state index in [1.165, 1.54) is 30.6 Å². The predicted molar refractivity (Wildman–Crippen MR) is 283 cm³/mol. The van der Waals surface area contributed by atoms with Gasteiger partial charge in [-0.3, -0.25) is 24.4 Å². The van der Waals surface area contributed by atoms with Gasteiger partial charge in [0.25, 0.3) is 0 Å². The molecule has 3 amide bonds. The fourth-order valence-corrected chi connectivity index (χ4v) is 9.61. The van der Waals surface area contributed by atoms with Crippen molar-refractivity contribution in [2.24, 2.45) is 17.3 Å². The molecule has 2 aliphatic carbocycles. The van der Waals surface area contributed by atoms with Crippen LogP contribution in [0, 0.1) is 17.3 Å². The van der Waals surface area contributed by atoms with Crippen molar-refractivity contribution < 1.29 is 60.8 Å². The van der Waals surface area contributed by atoms with Gasteiger partial charge in [-0.25, -0.2) is 0 Å². The molecule has 5 unspecified atom stereocenters. The Kier molecular flexibility index (Phi) is 33.0. The van der Waals surface area contributed by atoms with Gasteiger partial charge in [-0.05, 0) is 115 Å². The number of aldehydes is 2. The van der Waals surface area contributed by atoms with Gasteiger partial charge in [-0.1, -0.05) is 19.4 Å². The van der Waals surface area contributed by atoms with E-state index in [2.05, 4.69) is 38.2 Å². The topological polar surface area (TPSA) is 212 Å². The Morgan fingerprint density at radius 2 is 1.64 bits per heavy atom. The highest BCUT2D eigenvalue weighted by Gasteiger charge is 2.37. The van der Waals surface area contributed by atoms with E-state index in [0.29, 0.717) is 114 Å². The molecule has 18 nitrogen and oxygen atoms in total. The first-order valence-electron chi connectivity index (χ1n) is 27.1. The lowest BCUT2D eigenvalue weighted by molar-refractivity contribution is -0.138. The lowest BCUT2D eigenvalue weighted by atomic mass is 9.83. The first-order chi connectivity index (χ1) is 36.6. The molecule has 76 heavy (non-hydrogen) atoms. The van der Waals surface area contributed by atoms with Gasteiger partial charge < -0.3 is 64.3 Å². The largest absolute Gasteiger partial charge is 0.417 e. The van der Waals surface area contributed by atoms with Crippen molar-refractivity contribution in [2.75, 3.05) is 107 Å². The third kappa shape index (κ3) is 27.7. The minimum absolute atomic E-state index is 0.0116. The number of rotatable bonds is 28. The molecule has 430 valence electrons. The zero-order valence-corrected chi connectivity index (χ0v) is 45.8. The van der Waals surface area contributed by atoms with Gasteiger partial charge in [-0.2, -0.15) is 13.2 Å². The van der Waals surface area contributed by atoms with Gasteiger partial charge in [0.15, 0.2) is 0 Å². The van der Waals surface area contributed by atoms with E-state index >= 15 is 0 Å². The maximum absolute atomic E-state index is 12.8. The molecule has 2 aromatic rings. The number of nitrogens with one attached hydrogen (secondary N) is 4. The second-order valence-electron chi connectivity index (χ2n) is 20.5. The Labute approximate surface area is 449 Å². The Morgan fingerprint density at radius 1 is 0.934 bits per heavy atom. The van der Waals surface area contributed by atoms with Gasteiger partial charge in [0, 0.05) is 120 Å². The fourth-order valence-electron chi connectivity index (χ4n) is 9.61. The highest BCUT2D eigenvalue weighted by Crippen LogP contribution is 2.42. The maximum atomic E-state index is 12.8. The number of unbranched alkanes of at least 4 members (excludes halogenated alkanes) is 1. The summed E-state index contributed by atoms with van der Waals surface area (Å²) in [5.74, 6) is 0.112. The van der Waals surface area contributed by atoms with Crippen LogP contribution in [-0.4, -0.2) is 182 Å². The van der Waals surface area contributed by atoms with Gasteiger partial charge in [0.1, 0.15) is 12.6 Å². The van der Waals surface area contributed by atoms with Crippen LogP contribution in [0.3, 0.4) is 0 Å². The molecule has 2 saturated carbocycles. The summed E-state index contributed by atoms with van der Waals surface area (Å²) in [5, 5.41) is 13.2. The van der Waals surface area contributed by atoms with Gasteiger partial charge in [0.2, 0.25) is 18.2 Å². The molecule has 6 rings (SSSR count). The number of amides is 3. The first-order valence-corrected chi connectivity index (χ1v) is 27.1. The van der Waals surface area contributed by atoms with E-state index in [4.69, 9.17) is 23.7 Å². The van der Waals surface area contributed by atoms with E-state index in [1.54, 1.807) is 19.5 Å². The summed E-state index contributed by atoms with van der Waals surface area (Å²) in [5.41, 5.74) is 0.735. The number of ether oxygens (including phenoxy) is 5. The number of carbonyl (C=O) groups is 5. The van der Waals surface area contributed by atoms with Crippen molar-refractivity contribution in [3.8, 4) is 0 Å². The Hall–Kier alpha value is -4.48. The maximum Gasteiger partial charge on any atom is 0.417 e. The molecule has 0 aromatic carbocycles. The average molecular weight is 1080 g/mol. The quantitative estimate of drug-likeness (QED) is 0.0637. The number of aromatic nitrogens is 2. The van der Waals surface area contributed by atoms with Crippen molar-refractivity contribution in [1.29, 1.82) is 0 Å². The standard InChI is InChI=1S/C33H62N4O7.C10H9F3N2O.C7H13NO2.C5H5N/c1-33(14-10-28(24-33)36-29-11-17-44-25-30(29)40-3)13-4-5-15-35-32(39)26-6-8-27(9-7-26)37-31(38)12-18-41-20-22-43-23-21-42-19-16-34-2;11-10(12,13)8-3-7-5-15(6-16)2-1-9(7)14-4-8;1-8(2)5-7(6-10)3-4-9;1-2-4-6-5-3-1/h26-30,34,36H,4-25H2,1-3H3,(H,35,39)(H,37,38);3-4,6H,1-2,5H2;4,6-7H,3,5H2,1-2H3;1-5H. The summed E-state index contributed by atoms with van der Waals surface area (Å²) in [4.78, 5) is 66.7. The highest BCUT2D eigenvalue weighted by molar-refractivity contribution is 5.79. The Morgan fingerprint density at radius 3 is 2.25 bits per heavy atom. The van der Waals surface area contributed by atoms with Crippen molar-refractivity contribution in [2.45, 2.75) is 134 Å². The van der Waals surface area contributed by atoms with Crippen LogP contribution < -0.4 is 21.3 Å². The minimum atomic E-state index is -4.38. The summed E-state index contributed by atoms with van der Waals surface area (Å²) < 4.78 is 64.8. The number of pyridine rings is 2. The van der Waals surface area contributed by atoms with Gasteiger partial charge in [0.05, 0.1) is 57.9 Å². The molecular formula is C55H89F3N8O10. The van der Waals surface area contributed by atoms with E-state index in [9.17, 15) is 37.1 Å². The van der Waals surface area contributed by atoms with Crippen LogP contribution in [0.25, 0.3) is 0 Å². The summed E-state index contributed by atoms with van der Waals surface area (Å²) in [6.07, 6.45) is 15.0. The molecule has 4 heterocycles. The molecule has 2 aliphatic heterocycles. The lowest BCUT2D eigenvalue weighted by Gasteiger charge is -2.34. The molecule has 0 bridgehead atoms. The zero-order chi connectivity index (χ0) is 55.4. The normalized spacial score (nSPS) is 22.5. The number of fused-ring (bicyclic) bond motifs is 1. The molecule has 2 aromatic heterocycles. The molecule has 1 saturated heterocycles. The average Bonchev–Trinajstić information content (AvgIpc) is 3.79. The van der Waals surface area contributed by atoms with E-state index in [-0.39, 0.29) is 42.3 Å². The molecule has 0 radical (unpaired) electrons. The molecule has 5 atom stereocenters. The van der Waals surface area contributed by atoms with Crippen LogP contribution in [0.15, 0.2) is 42.9 Å². The lowest BCUT2D eigenvalue weighted by Crippen LogP contribution is -2.50.